The second-order valence-electron chi connectivity index (χ2n) is 4.93. The number of sulfonamides is 1. The van der Waals surface area contributed by atoms with Crippen LogP contribution in [-0.4, -0.2) is 49.2 Å². The Hall–Kier alpha value is -2.23. The lowest BCUT2D eigenvalue weighted by atomic mass is 10.1. The maximum Gasteiger partial charge on any atom is 0.337 e. The van der Waals surface area contributed by atoms with Gasteiger partial charge in [-0.05, 0) is 25.1 Å². The summed E-state index contributed by atoms with van der Waals surface area (Å²) in [5.41, 5.74) is -2.10. The Bertz CT molecular complexity index is 712. The molecule has 9 heteroatoms. The minimum Gasteiger partial charge on any atom is -0.479 e. The number of aliphatic hydroxyl groups is 1. The zero-order chi connectivity index (χ0) is 17.7. The summed E-state index contributed by atoms with van der Waals surface area (Å²) in [6.45, 7) is 3.96. The standard InChI is InChI=1S/C14H18N2O6S/c1-3-7-16-23(21,22)11-6-4-5-10(8-11)12(17)15-9-14(2,20)13(18)19/h3-6,8,16,20H,1,7,9H2,2H3,(H,15,17)(H,18,19). The van der Waals surface area contributed by atoms with E-state index in [4.69, 9.17) is 5.11 Å². The number of amides is 1. The molecule has 1 rings (SSSR count). The summed E-state index contributed by atoms with van der Waals surface area (Å²) in [6.07, 6.45) is 1.38. The van der Waals surface area contributed by atoms with Crippen LogP contribution in [0.5, 0.6) is 0 Å². The van der Waals surface area contributed by atoms with Crippen LogP contribution in [0.2, 0.25) is 0 Å². The van der Waals surface area contributed by atoms with Crippen LogP contribution in [0.1, 0.15) is 17.3 Å². The number of carboxylic acids is 1. The molecule has 1 aromatic carbocycles. The van der Waals surface area contributed by atoms with Crippen molar-refractivity contribution in [3.8, 4) is 0 Å². The minimum atomic E-state index is -3.78. The van der Waals surface area contributed by atoms with E-state index >= 15 is 0 Å². The van der Waals surface area contributed by atoms with Gasteiger partial charge < -0.3 is 15.5 Å². The van der Waals surface area contributed by atoms with Crippen molar-refractivity contribution in [1.82, 2.24) is 10.0 Å². The summed E-state index contributed by atoms with van der Waals surface area (Å²) in [4.78, 5) is 22.6. The largest absolute Gasteiger partial charge is 0.479 e. The van der Waals surface area contributed by atoms with Crippen molar-refractivity contribution in [2.24, 2.45) is 0 Å². The predicted octanol–water partition coefficient (Wildman–Crippen LogP) is -0.284. The van der Waals surface area contributed by atoms with Crippen molar-refractivity contribution in [3.63, 3.8) is 0 Å². The second-order valence-corrected chi connectivity index (χ2v) is 6.70. The van der Waals surface area contributed by atoms with Crippen molar-refractivity contribution in [1.29, 1.82) is 0 Å². The molecule has 1 aromatic rings. The fraction of sp³-hybridized carbons (Fsp3) is 0.286. The Morgan fingerprint density at radius 1 is 1.39 bits per heavy atom. The van der Waals surface area contributed by atoms with Crippen LogP contribution in [0.25, 0.3) is 0 Å². The average molecular weight is 342 g/mol. The molecule has 0 aliphatic heterocycles. The zero-order valence-electron chi connectivity index (χ0n) is 12.4. The van der Waals surface area contributed by atoms with Crippen molar-refractivity contribution in [2.75, 3.05) is 13.1 Å². The SMILES string of the molecule is C=CCNS(=O)(=O)c1cccc(C(=O)NCC(C)(O)C(=O)O)c1. The van der Waals surface area contributed by atoms with Crippen LogP contribution in [-0.2, 0) is 14.8 Å². The van der Waals surface area contributed by atoms with Gasteiger partial charge in [0, 0.05) is 12.1 Å². The molecule has 0 bridgehead atoms. The van der Waals surface area contributed by atoms with E-state index in [-0.39, 0.29) is 17.0 Å². The molecular formula is C14H18N2O6S. The fourth-order valence-electron chi connectivity index (χ4n) is 1.49. The number of rotatable bonds is 8. The van der Waals surface area contributed by atoms with Crippen LogP contribution in [0.4, 0.5) is 0 Å². The number of carbonyl (C=O) groups excluding carboxylic acids is 1. The number of aliphatic carboxylic acids is 1. The first-order chi connectivity index (χ1) is 10.6. The molecule has 0 heterocycles. The van der Waals surface area contributed by atoms with Crippen LogP contribution < -0.4 is 10.0 Å². The summed E-state index contributed by atoms with van der Waals surface area (Å²) in [6, 6.07) is 5.22. The van der Waals surface area contributed by atoms with Gasteiger partial charge in [0.1, 0.15) is 0 Å². The molecule has 0 aliphatic rings. The molecule has 0 aliphatic carbocycles. The molecule has 8 nitrogen and oxygen atoms in total. The molecule has 0 radical (unpaired) electrons. The third-order valence-corrected chi connectivity index (χ3v) is 4.30. The zero-order valence-corrected chi connectivity index (χ0v) is 13.3. The van der Waals surface area contributed by atoms with Gasteiger partial charge in [0.25, 0.3) is 5.91 Å². The fourth-order valence-corrected chi connectivity index (χ4v) is 2.53. The highest BCUT2D eigenvalue weighted by molar-refractivity contribution is 7.89. The highest BCUT2D eigenvalue weighted by Crippen LogP contribution is 2.12. The van der Waals surface area contributed by atoms with Crippen molar-refractivity contribution < 1.29 is 28.2 Å². The van der Waals surface area contributed by atoms with Crippen LogP contribution in [0, 0.1) is 0 Å². The first-order valence-electron chi connectivity index (χ1n) is 6.55. The third-order valence-electron chi connectivity index (χ3n) is 2.88. The van der Waals surface area contributed by atoms with E-state index in [1.54, 1.807) is 0 Å². The molecule has 1 unspecified atom stereocenters. The van der Waals surface area contributed by atoms with E-state index in [9.17, 15) is 23.1 Å². The molecule has 0 saturated carbocycles. The van der Waals surface area contributed by atoms with Gasteiger partial charge in [-0.2, -0.15) is 0 Å². The Morgan fingerprint density at radius 3 is 2.61 bits per heavy atom. The van der Waals surface area contributed by atoms with Crippen molar-refractivity contribution in [3.05, 3.63) is 42.5 Å². The van der Waals surface area contributed by atoms with Crippen LogP contribution in [0.15, 0.2) is 41.8 Å². The van der Waals surface area contributed by atoms with Crippen LogP contribution in [0.3, 0.4) is 0 Å². The maximum atomic E-state index is 12.0. The number of hydrogen-bond acceptors (Lipinski definition) is 5. The van der Waals surface area contributed by atoms with E-state index in [0.717, 1.165) is 13.0 Å². The first kappa shape index (κ1) is 18.8. The lowest BCUT2D eigenvalue weighted by molar-refractivity contribution is -0.155. The Balaban J connectivity index is 2.90. The van der Waals surface area contributed by atoms with Gasteiger partial charge in [-0.1, -0.05) is 12.1 Å². The minimum absolute atomic E-state index is 0.0210. The summed E-state index contributed by atoms with van der Waals surface area (Å²) >= 11 is 0. The number of benzene rings is 1. The first-order valence-corrected chi connectivity index (χ1v) is 8.03. The summed E-state index contributed by atoms with van der Waals surface area (Å²) in [5.74, 6) is -2.19. The predicted molar refractivity (Wildman–Crippen MR) is 82.4 cm³/mol. The van der Waals surface area contributed by atoms with Gasteiger partial charge in [0.15, 0.2) is 5.60 Å². The molecule has 4 N–H and O–H groups in total. The highest BCUT2D eigenvalue weighted by atomic mass is 32.2. The van der Waals surface area contributed by atoms with Crippen molar-refractivity contribution in [2.45, 2.75) is 17.4 Å². The molecule has 23 heavy (non-hydrogen) atoms. The topological polar surface area (TPSA) is 133 Å². The van der Waals surface area contributed by atoms with Gasteiger partial charge in [-0.15, -0.1) is 6.58 Å². The molecule has 0 spiro atoms. The number of carboxylic acid groups (broad SMARTS) is 1. The van der Waals surface area contributed by atoms with E-state index < -0.39 is 34.0 Å². The Labute approximate surface area is 133 Å². The summed E-state index contributed by atoms with van der Waals surface area (Å²) in [5, 5.41) is 20.5. The van der Waals surface area contributed by atoms with Gasteiger partial charge in [0.2, 0.25) is 10.0 Å². The molecule has 1 amide bonds. The van der Waals surface area contributed by atoms with Gasteiger partial charge in [-0.3, -0.25) is 4.79 Å². The number of hydrogen-bond donors (Lipinski definition) is 4. The highest BCUT2D eigenvalue weighted by Gasteiger charge is 2.30. The average Bonchev–Trinajstić information content (AvgIpc) is 2.50. The number of carbonyl (C=O) groups is 2. The van der Waals surface area contributed by atoms with Gasteiger partial charge in [0.05, 0.1) is 11.4 Å². The third kappa shape index (κ3) is 5.16. The van der Waals surface area contributed by atoms with E-state index in [1.807, 2.05) is 0 Å². The van der Waals surface area contributed by atoms with Gasteiger partial charge in [-0.25, -0.2) is 17.9 Å². The number of nitrogens with one attached hydrogen (secondary N) is 2. The van der Waals surface area contributed by atoms with E-state index in [2.05, 4.69) is 16.6 Å². The molecule has 1 atom stereocenters. The Morgan fingerprint density at radius 2 is 2.04 bits per heavy atom. The lowest BCUT2D eigenvalue weighted by Gasteiger charge is -2.18. The quantitative estimate of drug-likeness (QED) is 0.480. The van der Waals surface area contributed by atoms with E-state index in [0.29, 0.717) is 0 Å². The summed E-state index contributed by atoms with van der Waals surface area (Å²) < 4.78 is 26.2. The monoisotopic (exact) mass is 342 g/mol. The molecule has 0 fully saturated rings. The molecule has 0 saturated heterocycles. The smallest absolute Gasteiger partial charge is 0.337 e. The second kappa shape index (κ2) is 7.36. The maximum absolute atomic E-state index is 12.0. The molecule has 126 valence electrons. The molecular weight excluding hydrogens is 324 g/mol. The summed E-state index contributed by atoms with van der Waals surface area (Å²) in [7, 11) is -3.78. The molecule has 0 aromatic heterocycles. The Kier molecular flexibility index (Phi) is 6.02. The van der Waals surface area contributed by atoms with Crippen LogP contribution >= 0.6 is 0 Å². The lowest BCUT2D eigenvalue weighted by Crippen LogP contribution is -2.46. The van der Waals surface area contributed by atoms with Gasteiger partial charge >= 0.3 is 5.97 Å². The normalized spacial score (nSPS) is 13.8. The van der Waals surface area contributed by atoms with E-state index in [1.165, 1.54) is 24.3 Å². The van der Waals surface area contributed by atoms with Crippen molar-refractivity contribution >= 4 is 21.9 Å².